The van der Waals surface area contributed by atoms with Crippen LogP contribution >= 0.6 is 35.5 Å². The summed E-state index contributed by atoms with van der Waals surface area (Å²) in [4.78, 5) is 5.46. The number of rotatable bonds is 4. The highest BCUT2D eigenvalue weighted by Crippen LogP contribution is 2.20. The Kier molecular flexibility index (Phi) is 5.86. The smallest absolute Gasteiger partial charge is 0.0794 e. The third kappa shape index (κ3) is 3.77. The van der Waals surface area contributed by atoms with Crippen LogP contribution in [0.25, 0.3) is 0 Å². The van der Waals surface area contributed by atoms with E-state index in [1.807, 2.05) is 23.5 Å². The van der Waals surface area contributed by atoms with Gasteiger partial charge in [-0.1, -0.05) is 0 Å². The van der Waals surface area contributed by atoms with Crippen LogP contribution in [0.4, 0.5) is 0 Å². The van der Waals surface area contributed by atoms with E-state index in [-0.39, 0.29) is 12.4 Å². The lowest BCUT2D eigenvalue weighted by atomic mass is 10.2. The van der Waals surface area contributed by atoms with Gasteiger partial charge in [0.25, 0.3) is 0 Å². The van der Waals surface area contributed by atoms with Crippen molar-refractivity contribution in [1.29, 1.82) is 0 Å². The summed E-state index contributed by atoms with van der Waals surface area (Å²) in [7, 11) is 0. The first kappa shape index (κ1) is 12.3. The Morgan fingerprint density at radius 2 is 2.57 bits per heavy atom. The fourth-order valence-electron chi connectivity index (χ4n) is 1.50. The van der Waals surface area contributed by atoms with E-state index in [0.29, 0.717) is 0 Å². The number of thiazole rings is 1. The molecule has 5 heteroatoms. The third-order valence-electron chi connectivity index (χ3n) is 2.24. The van der Waals surface area contributed by atoms with E-state index in [2.05, 4.69) is 10.3 Å². The SMILES string of the molecule is Cl.c1ncc(CSCC2CCNC2)s1. The van der Waals surface area contributed by atoms with Gasteiger partial charge in [0, 0.05) is 16.8 Å². The first-order valence-corrected chi connectivity index (χ1v) is 6.64. The summed E-state index contributed by atoms with van der Waals surface area (Å²) >= 11 is 3.80. The second-order valence-electron chi connectivity index (χ2n) is 3.34. The van der Waals surface area contributed by atoms with E-state index in [1.165, 1.54) is 30.1 Å². The first-order chi connectivity index (χ1) is 6.45. The third-order valence-corrected chi connectivity index (χ3v) is 4.43. The van der Waals surface area contributed by atoms with E-state index in [4.69, 9.17) is 0 Å². The average Bonchev–Trinajstić information content (AvgIpc) is 2.75. The summed E-state index contributed by atoms with van der Waals surface area (Å²) in [5.74, 6) is 3.34. The van der Waals surface area contributed by atoms with Crippen molar-refractivity contribution >= 4 is 35.5 Å². The molecular formula is C9H15ClN2S2. The highest BCUT2D eigenvalue weighted by Gasteiger charge is 2.13. The Balaban J connectivity index is 0.000000980. The Morgan fingerprint density at radius 1 is 1.64 bits per heavy atom. The molecule has 0 aliphatic carbocycles. The van der Waals surface area contributed by atoms with Crippen molar-refractivity contribution in [2.45, 2.75) is 12.2 Å². The van der Waals surface area contributed by atoms with Gasteiger partial charge in [0.05, 0.1) is 5.51 Å². The minimum Gasteiger partial charge on any atom is -0.316 e. The van der Waals surface area contributed by atoms with Crippen molar-refractivity contribution in [3.8, 4) is 0 Å². The van der Waals surface area contributed by atoms with Crippen LogP contribution in [-0.2, 0) is 5.75 Å². The molecule has 1 aliphatic heterocycles. The zero-order valence-electron chi connectivity index (χ0n) is 7.94. The van der Waals surface area contributed by atoms with Gasteiger partial charge in [-0.25, -0.2) is 0 Å². The molecule has 14 heavy (non-hydrogen) atoms. The monoisotopic (exact) mass is 250 g/mol. The van der Waals surface area contributed by atoms with E-state index >= 15 is 0 Å². The number of thioether (sulfide) groups is 1. The molecule has 2 rings (SSSR count). The minimum atomic E-state index is 0. The van der Waals surface area contributed by atoms with Gasteiger partial charge in [-0.15, -0.1) is 23.7 Å². The summed E-state index contributed by atoms with van der Waals surface area (Å²) < 4.78 is 0. The zero-order valence-corrected chi connectivity index (χ0v) is 10.4. The van der Waals surface area contributed by atoms with Crippen molar-refractivity contribution in [1.82, 2.24) is 10.3 Å². The van der Waals surface area contributed by atoms with E-state index in [0.717, 1.165) is 11.7 Å². The van der Waals surface area contributed by atoms with Crippen LogP contribution in [-0.4, -0.2) is 23.8 Å². The lowest BCUT2D eigenvalue weighted by Crippen LogP contribution is -2.10. The molecule has 0 amide bonds. The van der Waals surface area contributed by atoms with Gasteiger partial charge < -0.3 is 5.32 Å². The highest BCUT2D eigenvalue weighted by molar-refractivity contribution is 7.98. The van der Waals surface area contributed by atoms with Crippen LogP contribution < -0.4 is 5.32 Å². The maximum absolute atomic E-state index is 4.07. The topological polar surface area (TPSA) is 24.9 Å². The van der Waals surface area contributed by atoms with Crippen LogP contribution in [0.2, 0.25) is 0 Å². The molecule has 1 aromatic rings. The second kappa shape index (κ2) is 6.67. The molecule has 2 nitrogen and oxygen atoms in total. The molecule has 2 heterocycles. The number of nitrogens with one attached hydrogen (secondary N) is 1. The fourth-order valence-corrected chi connectivity index (χ4v) is 3.41. The lowest BCUT2D eigenvalue weighted by Gasteiger charge is -2.05. The van der Waals surface area contributed by atoms with Crippen LogP contribution in [0.5, 0.6) is 0 Å². The lowest BCUT2D eigenvalue weighted by molar-refractivity contribution is 0.662. The van der Waals surface area contributed by atoms with E-state index in [1.54, 1.807) is 11.3 Å². The molecule has 1 N–H and O–H groups in total. The molecule has 0 saturated carbocycles. The Morgan fingerprint density at radius 3 is 3.21 bits per heavy atom. The molecule has 0 bridgehead atoms. The second-order valence-corrected chi connectivity index (χ2v) is 5.34. The Hall–Kier alpha value is 0.230. The van der Waals surface area contributed by atoms with Gasteiger partial charge >= 0.3 is 0 Å². The van der Waals surface area contributed by atoms with Crippen LogP contribution in [0.3, 0.4) is 0 Å². The van der Waals surface area contributed by atoms with E-state index in [9.17, 15) is 0 Å². The Bertz CT molecular complexity index is 235. The molecule has 1 unspecified atom stereocenters. The van der Waals surface area contributed by atoms with Crippen molar-refractivity contribution < 1.29 is 0 Å². The van der Waals surface area contributed by atoms with Crippen molar-refractivity contribution in [3.05, 3.63) is 16.6 Å². The number of halogens is 1. The highest BCUT2D eigenvalue weighted by atomic mass is 35.5. The fraction of sp³-hybridized carbons (Fsp3) is 0.667. The number of nitrogens with zero attached hydrogens (tertiary/aromatic N) is 1. The average molecular weight is 251 g/mol. The molecule has 0 aromatic carbocycles. The predicted molar refractivity (Wildman–Crippen MR) is 66.5 cm³/mol. The normalized spacial score (nSPS) is 20.7. The number of hydrogen-bond donors (Lipinski definition) is 1. The summed E-state index contributed by atoms with van der Waals surface area (Å²) in [5, 5.41) is 3.39. The first-order valence-electron chi connectivity index (χ1n) is 4.61. The van der Waals surface area contributed by atoms with Gasteiger partial charge in [0.2, 0.25) is 0 Å². The van der Waals surface area contributed by atoms with Gasteiger partial charge in [-0.3, -0.25) is 4.98 Å². The molecule has 1 atom stereocenters. The van der Waals surface area contributed by atoms with Crippen molar-refractivity contribution in [2.24, 2.45) is 5.92 Å². The minimum absolute atomic E-state index is 0. The number of aromatic nitrogens is 1. The van der Waals surface area contributed by atoms with E-state index < -0.39 is 0 Å². The zero-order chi connectivity index (χ0) is 8.93. The van der Waals surface area contributed by atoms with Crippen LogP contribution in [0.1, 0.15) is 11.3 Å². The summed E-state index contributed by atoms with van der Waals surface area (Å²) in [6.45, 7) is 2.43. The van der Waals surface area contributed by atoms with Gasteiger partial charge in [-0.05, 0) is 31.2 Å². The van der Waals surface area contributed by atoms with Crippen molar-refractivity contribution in [2.75, 3.05) is 18.8 Å². The quantitative estimate of drug-likeness (QED) is 0.889. The maximum atomic E-state index is 4.07. The maximum Gasteiger partial charge on any atom is 0.0794 e. The standard InChI is InChI=1S/C9H14N2S2.ClH/c1-2-10-3-8(1)5-12-6-9-4-11-7-13-9;/h4,7-8,10H,1-3,5-6H2;1H. The molecule has 1 saturated heterocycles. The van der Waals surface area contributed by atoms with Gasteiger partial charge in [0.1, 0.15) is 0 Å². The summed E-state index contributed by atoms with van der Waals surface area (Å²) in [6, 6.07) is 0. The van der Waals surface area contributed by atoms with Crippen molar-refractivity contribution in [3.63, 3.8) is 0 Å². The molecule has 80 valence electrons. The Labute approximate surface area is 99.3 Å². The molecular weight excluding hydrogens is 236 g/mol. The molecule has 1 fully saturated rings. The van der Waals surface area contributed by atoms with Gasteiger partial charge in [-0.2, -0.15) is 11.8 Å². The summed E-state index contributed by atoms with van der Waals surface area (Å²) in [5.41, 5.74) is 1.91. The molecule has 0 spiro atoms. The largest absolute Gasteiger partial charge is 0.316 e. The van der Waals surface area contributed by atoms with Crippen LogP contribution in [0.15, 0.2) is 11.7 Å². The van der Waals surface area contributed by atoms with Gasteiger partial charge in [0.15, 0.2) is 0 Å². The molecule has 0 radical (unpaired) electrons. The number of hydrogen-bond acceptors (Lipinski definition) is 4. The predicted octanol–water partition coefficient (Wildman–Crippen LogP) is 2.41. The summed E-state index contributed by atoms with van der Waals surface area (Å²) in [6.07, 6.45) is 3.33. The molecule has 1 aliphatic rings. The molecule has 1 aromatic heterocycles. The van der Waals surface area contributed by atoms with Crippen LogP contribution in [0, 0.1) is 5.92 Å².